The minimum Gasteiger partial charge on any atom is -0.493 e. The summed E-state index contributed by atoms with van der Waals surface area (Å²) in [5.41, 5.74) is 7.01. The van der Waals surface area contributed by atoms with E-state index in [1.54, 1.807) is 44.6 Å². The van der Waals surface area contributed by atoms with Crippen molar-refractivity contribution in [3.05, 3.63) is 59.7 Å². The molecular weight excluding hydrogens is 320 g/mol. The molecule has 0 aromatic heterocycles. The molecule has 0 aliphatic rings. The van der Waals surface area contributed by atoms with E-state index >= 15 is 0 Å². The van der Waals surface area contributed by atoms with Crippen LogP contribution in [0.25, 0.3) is 0 Å². The molecule has 2 aromatic rings. The summed E-state index contributed by atoms with van der Waals surface area (Å²) < 4.78 is 10.4. The highest BCUT2D eigenvalue weighted by Gasteiger charge is 2.19. The lowest BCUT2D eigenvalue weighted by atomic mass is 10.1. The van der Waals surface area contributed by atoms with Crippen LogP contribution in [0.5, 0.6) is 11.5 Å². The van der Waals surface area contributed by atoms with Crippen LogP contribution >= 0.6 is 0 Å². The summed E-state index contributed by atoms with van der Waals surface area (Å²) in [5.74, 6) is 0.404. The van der Waals surface area contributed by atoms with Crippen LogP contribution in [-0.4, -0.2) is 26.0 Å². The Kier molecular flexibility index (Phi) is 6.39. The van der Waals surface area contributed by atoms with Crippen molar-refractivity contribution >= 4 is 11.8 Å². The molecule has 0 aliphatic heterocycles. The van der Waals surface area contributed by atoms with Gasteiger partial charge < -0.3 is 20.5 Å². The van der Waals surface area contributed by atoms with Crippen molar-refractivity contribution in [2.45, 2.75) is 18.9 Å². The number of carbonyl (C=O) groups is 2. The summed E-state index contributed by atoms with van der Waals surface area (Å²) in [4.78, 5) is 23.8. The monoisotopic (exact) mass is 342 g/mol. The number of hydrogen-bond acceptors (Lipinski definition) is 4. The van der Waals surface area contributed by atoms with Gasteiger partial charge in [0.1, 0.15) is 6.04 Å². The first-order chi connectivity index (χ1) is 12.0. The minimum atomic E-state index is -0.834. The van der Waals surface area contributed by atoms with E-state index in [1.807, 2.05) is 18.2 Å². The van der Waals surface area contributed by atoms with Crippen LogP contribution in [0.15, 0.2) is 48.5 Å². The van der Waals surface area contributed by atoms with Gasteiger partial charge in [0.25, 0.3) is 0 Å². The lowest BCUT2D eigenvalue weighted by Crippen LogP contribution is -2.37. The fourth-order valence-corrected chi connectivity index (χ4v) is 2.49. The molecule has 0 radical (unpaired) electrons. The Labute approximate surface area is 146 Å². The van der Waals surface area contributed by atoms with Crippen LogP contribution in [0.4, 0.5) is 0 Å². The maximum absolute atomic E-state index is 12.2. The third-order valence-corrected chi connectivity index (χ3v) is 3.81. The van der Waals surface area contributed by atoms with Crippen molar-refractivity contribution in [2.24, 2.45) is 5.73 Å². The summed E-state index contributed by atoms with van der Waals surface area (Å²) in [6.07, 6.45) is 0.735. The van der Waals surface area contributed by atoms with Crippen molar-refractivity contribution in [2.75, 3.05) is 14.2 Å². The molecule has 132 valence electrons. The Balaban J connectivity index is 1.99. The lowest BCUT2D eigenvalue weighted by Gasteiger charge is -2.16. The highest BCUT2D eigenvalue weighted by Crippen LogP contribution is 2.28. The summed E-state index contributed by atoms with van der Waals surface area (Å²) in [7, 11) is 3.13. The number of ether oxygens (including phenoxy) is 2. The molecule has 0 heterocycles. The Bertz CT molecular complexity index is 731. The fraction of sp³-hybridized carbons (Fsp3) is 0.263. The number of nitrogens with two attached hydrogens (primary N) is 1. The van der Waals surface area contributed by atoms with Gasteiger partial charge in [0, 0.05) is 6.42 Å². The van der Waals surface area contributed by atoms with Crippen LogP contribution in [0.2, 0.25) is 0 Å². The van der Waals surface area contributed by atoms with E-state index < -0.39 is 11.9 Å². The summed E-state index contributed by atoms with van der Waals surface area (Å²) in [6, 6.07) is 13.6. The van der Waals surface area contributed by atoms with E-state index in [0.29, 0.717) is 23.5 Å². The summed E-state index contributed by atoms with van der Waals surface area (Å²) >= 11 is 0. The molecule has 0 fully saturated rings. The van der Waals surface area contributed by atoms with Crippen LogP contribution in [0.3, 0.4) is 0 Å². The Morgan fingerprint density at radius 3 is 2.32 bits per heavy atom. The molecule has 6 heteroatoms. The van der Waals surface area contributed by atoms with E-state index in [9.17, 15) is 9.59 Å². The average molecular weight is 342 g/mol. The molecule has 0 aliphatic carbocycles. The lowest BCUT2D eigenvalue weighted by molar-refractivity contribution is -0.127. The van der Waals surface area contributed by atoms with E-state index in [1.165, 1.54) is 0 Å². The highest BCUT2D eigenvalue weighted by atomic mass is 16.5. The summed E-state index contributed by atoms with van der Waals surface area (Å²) in [5, 5.41) is 2.68. The minimum absolute atomic E-state index is 0.228. The number of hydrogen-bond donors (Lipinski definition) is 2. The Morgan fingerprint density at radius 2 is 1.72 bits per heavy atom. The molecule has 2 amide bonds. The molecule has 0 saturated carbocycles. The number of amides is 2. The Morgan fingerprint density at radius 1 is 1.04 bits per heavy atom. The quantitative estimate of drug-likeness (QED) is 0.767. The van der Waals surface area contributed by atoms with Crippen LogP contribution < -0.4 is 20.5 Å². The second-order valence-electron chi connectivity index (χ2n) is 5.50. The molecule has 2 aromatic carbocycles. The zero-order chi connectivity index (χ0) is 18.2. The van der Waals surface area contributed by atoms with Gasteiger partial charge in [-0.15, -0.1) is 0 Å². The zero-order valence-corrected chi connectivity index (χ0v) is 14.3. The maximum atomic E-state index is 12.2. The van der Waals surface area contributed by atoms with Gasteiger partial charge in [-0.2, -0.15) is 0 Å². The van der Waals surface area contributed by atoms with Crippen LogP contribution in [0.1, 0.15) is 23.6 Å². The van der Waals surface area contributed by atoms with Gasteiger partial charge in [0.15, 0.2) is 11.5 Å². The van der Waals surface area contributed by atoms with Gasteiger partial charge in [-0.3, -0.25) is 9.59 Å². The van der Waals surface area contributed by atoms with E-state index in [-0.39, 0.29) is 12.3 Å². The third kappa shape index (κ3) is 4.97. The van der Waals surface area contributed by atoms with Crippen molar-refractivity contribution in [1.82, 2.24) is 5.32 Å². The van der Waals surface area contributed by atoms with Crippen molar-refractivity contribution in [1.29, 1.82) is 0 Å². The topological polar surface area (TPSA) is 90.6 Å². The fourth-order valence-electron chi connectivity index (χ4n) is 2.49. The third-order valence-electron chi connectivity index (χ3n) is 3.81. The number of nitrogens with one attached hydrogen (secondary N) is 1. The number of aryl methyl sites for hydroxylation is 1. The SMILES string of the molecule is COc1ccc(CCC(=O)N[C@@H](C(N)=O)c2ccccc2)cc1OC. The van der Waals surface area contributed by atoms with Gasteiger partial charge >= 0.3 is 0 Å². The van der Waals surface area contributed by atoms with E-state index in [2.05, 4.69) is 5.32 Å². The molecule has 1 atom stereocenters. The average Bonchev–Trinajstić information content (AvgIpc) is 2.64. The van der Waals surface area contributed by atoms with Gasteiger partial charge in [0.05, 0.1) is 14.2 Å². The van der Waals surface area contributed by atoms with Gasteiger partial charge in [-0.1, -0.05) is 36.4 Å². The normalized spacial score (nSPS) is 11.4. The zero-order valence-electron chi connectivity index (χ0n) is 14.3. The largest absolute Gasteiger partial charge is 0.493 e. The molecule has 6 nitrogen and oxygen atoms in total. The van der Waals surface area contributed by atoms with E-state index in [4.69, 9.17) is 15.2 Å². The molecule has 0 unspecified atom stereocenters. The molecule has 0 spiro atoms. The smallest absolute Gasteiger partial charge is 0.244 e. The number of primary amides is 1. The van der Waals surface area contributed by atoms with Crippen LogP contribution in [-0.2, 0) is 16.0 Å². The number of methoxy groups -OCH3 is 2. The number of benzene rings is 2. The molecular formula is C19H22N2O4. The van der Waals surface area contributed by atoms with Crippen LogP contribution in [0, 0.1) is 0 Å². The standard InChI is InChI=1S/C19H22N2O4/c1-24-15-10-8-13(12-16(15)25-2)9-11-17(22)21-18(19(20)23)14-6-4-3-5-7-14/h3-8,10,12,18H,9,11H2,1-2H3,(H2,20,23)(H,21,22)/t18-/m1/s1. The first-order valence-electron chi connectivity index (χ1n) is 7.89. The van der Waals surface area contributed by atoms with Gasteiger partial charge in [-0.05, 0) is 29.7 Å². The van der Waals surface area contributed by atoms with Crippen molar-refractivity contribution < 1.29 is 19.1 Å². The summed E-state index contributed by atoms with van der Waals surface area (Å²) in [6.45, 7) is 0. The first-order valence-corrected chi connectivity index (χ1v) is 7.89. The Hall–Kier alpha value is -3.02. The number of rotatable bonds is 8. The van der Waals surface area contributed by atoms with Gasteiger partial charge in [0.2, 0.25) is 11.8 Å². The van der Waals surface area contributed by atoms with Crippen molar-refractivity contribution in [3.63, 3.8) is 0 Å². The van der Waals surface area contributed by atoms with Gasteiger partial charge in [-0.25, -0.2) is 0 Å². The second-order valence-corrected chi connectivity index (χ2v) is 5.50. The molecule has 0 bridgehead atoms. The second kappa shape index (κ2) is 8.73. The predicted octanol–water partition coefficient (Wildman–Crippen LogP) is 1.98. The highest BCUT2D eigenvalue weighted by molar-refractivity contribution is 5.87. The molecule has 25 heavy (non-hydrogen) atoms. The van der Waals surface area contributed by atoms with Crippen molar-refractivity contribution in [3.8, 4) is 11.5 Å². The maximum Gasteiger partial charge on any atom is 0.244 e. The number of carbonyl (C=O) groups excluding carboxylic acids is 2. The molecule has 3 N–H and O–H groups in total. The molecule has 0 saturated heterocycles. The first kappa shape index (κ1) is 18.3. The predicted molar refractivity (Wildman–Crippen MR) is 94.4 cm³/mol. The molecule has 2 rings (SSSR count). The van der Waals surface area contributed by atoms with E-state index in [0.717, 1.165) is 5.56 Å².